The normalized spacial score (nSPS) is 14.0. The van der Waals surface area contributed by atoms with E-state index in [1.165, 1.54) is 98.2 Å². The Balaban J connectivity index is 1.15. The molecule has 10 aromatic rings. The zero-order valence-electron chi connectivity index (χ0n) is 36.0. The Morgan fingerprint density at radius 2 is 0.719 bits per heavy atom. The minimum atomic E-state index is -0.903. The summed E-state index contributed by atoms with van der Waals surface area (Å²) in [5.74, 6) is 0. The summed E-state index contributed by atoms with van der Waals surface area (Å²) < 4.78 is 0. The maximum atomic E-state index is 2.63. The predicted molar refractivity (Wildman–Crippen MR) is 276 cm³/mol. The van der Waals surface area contributed by atoms with Gasteiger partial charge in [0.25, 0.3) is 0 Å². The minimum Gasteiger partial charge on any atom is -0.0622 e. The van der Waals surface area contributed by atoms with E-state index in [2.05, 4.69) is 257 Å². The van der Waals surface area contributed by atoms with Gasteiger partial charge in [-0.3, -0.25) is 0 Å². The summed E-state index contributed by atoms with van der Waals surface area (Å²) in [7, 11) is -1.65. The fourth-order valence-electron chi connectivity index (χ4n) is 11.0. The molecule has 0 radical (unpaired) electrons. The van der Waals surface area contributed by atoms with E-state index < -0.39 is 21.3 Å². The molecule has 0 aliphatic heterocycles. The second kappa shape index (κ2) is 15.5. The SMILES string of the molecule is CC1(C)c2cc(P(c3ccccc3)c3ccccc3)ccc2-c2cc3c(cc21)-c1c(cc(P(c2ccccc2)c2ccccc2)c2ccccc12)C3(c1ccccc1)c1ccccc1. The lowest BCUT2D eigenvalue weighted by Gasteiger charge is -2.35. The third kappa shape index (κ3) is 5.97. The van der Waals surface area contributed by atoms with E-state index in [-0.39, 0.29) is 5.41 Å². The third-order valence-electron chi connectivity index (χ3n) is 13.9. The molecule has 64 heavy (non-hydrogen) atoms. The molecule has 0 nitrogen and oxygen atoms in total. The standard InChI is InChI=1S/C62H46P2/c1-61(2)55-39-49(63(45-27-13-5-14-28-45)46-29-15-6-16-30-46)37-38-50(55)53-40-57-54(41-56(53)61)60-52-36-22-21-35-51(52)59(64(47-31-17-7-18-32-47)48-33-19-8-20-34-48)42-58(60)62(57,43-23-9-3-10-24-43)44-25-11-4-12-26-44/h3-42H,1-2H3. The van der Waals surface area contributed by atoms with Crippen LogP contribution in [0.4, 0.5) is 0 Å². The van der Waals surface area contributed by atoms with Gasteiger partial charge >= 0.3 is 0 Å². The molecule has 0 bridgehead atoms. The van der Waals surface area contributed by atoms with Gasteiger partial charge in [0.05, 0.1) is 5.41 Å². The number of hydrogen-bond donors (Lipinski definition) is 0. The number of rotatable bonds is 8. The minimum absolute atomic E-state index is 0.223. The van der Waals surface area contributed by atoms with Crippen LogP contribution in [0.15, 0.2) is 243 Å². The smallest absolute Gasteiger partial charge is 0.0622 e. The lowest BCUT2D eigenvalue weighted by atomic mass is 9.67. The molecule has 0 saturated carbocycles. The average Bonchev–Trinajstić information content (AvgIpc) is 3.77. The van der Waals surface area contributed by atoms with Gasteiger partial charge in [-0.15, -0.1) is 0 Å². The van der Waals surface area contributed by atoms with Crippen molar-refractivity contribution >= 4 is 58.4 Å². The van der Waals surface area contributed by atoms with Gasteiger partial charge < -0.3 is 0 Å². The van der Waals surface area contributed by atoms with Crippen LogP contribution in [0.25, 0.3) is 33.0 Å². The van der Waals surface area contributed by atoms with Gasteiger partial charge in [-0.25, -0.2) is 0 Å². The Morgan fingerprint density at radius 1 is 0.297 bits per heavy atom. The van der Waals surface area contributed by atoms with E-state index >= 15 is 0 Å². The van der Waals surface area contributed by atoms with E-state index in [0.717, 1.165) is 0 Å². The molecule has 2 aliphatic carbocycles. The summed E-state index contributed by atoms with van der Waals surface area (Å²) in [5, 5.41) is 10.9. The topological polar surface area (TPSA) is 0 Å². The first-order valence-corrected chi connectivity index (χ1v) is 25.0. The Morgan fingerprint density at radius 3 is 1.23 bits per heavy atom. The molecule has 0 atom stereocenters. The molecule has 0 N–H and O–H groups in total. The lowest BCUT2D eigenvalue weighted by molar-refractivity contribution is 0.660. The highest BCUT2D eigenvalue weighted by molar-refractivity contribution is 7.80. The van der Waals surface area contributed by atoms with Crippen LogP contribution in [0.2, 0.25) is 0 Å². The molecule has 2 heteroatoms. The molecule has 0 amide bonds. The molecule has 10 aromatic carbocycles. The van der Waals surface area contributed by atoms with E-state index in [9.17, 15) is 0 Å². The number of hydrogen-bond acceptors (Lipinski definition) is 0. The predicted octanol–water partition coefficient (Wildman–Crippen LogP) is 13.0. The van der Waals surface area contributed by atoms with E-state index in [0.29, 0.717) is 0 Å². The second-order valence-electron chi connectivity index (χ2n) is 17.7. The van der Waals surface area contributed by atoms with Crippen LogP contribution < -0.4 is 31.8 Å². The van der Waals surface area contributed by atoms with Crippen LogP contribution in [0.1, 0.15) is 47.2 Å². The first-order chi connectivity index (χ1) is 31.5. The van der Waals surface area contributed by atoms with Crippen molar-refractivity contribution in [2.45, 2.75) is 24.7 Å². The lowest BCUT2D eigenvalue weighted by Crippen LogP contribution is -2.30. The first kappa shape index (κ1) is 39.0. The molecule has 0 heterocycles. The van der Waals surface area contributed by atoms with Crippen LogP contribution >= 0.6 is 15.8 Å². The Hall–Kier alpha value is -6.68. The van der Waals surface area contributed by atoms with Gasteiger partial charge in [-0.1, -0.05) is 232 Å². The van der Waals surface area contributed by atoms with Crippen LogP contribution in [0.3, 0.4) is 0 Å². The summed E-state index contributed by atoms with van der Waals surface area (Å²) in [4.78, 5) is 0. The highest BCUT2D eigenvalue weighted by Crippen LogP contribution is 2.62. The number of benzene rings is 10. The average molecular weight is 853 g/mol. The summed E-state index contributed by atoms with van der Waals surface area (Å²) in [6, 6.07) is 91.8. The molecular weight excluding hydrogens is 807 g/mol. The van der Waals surface area contributed by atoms with Crippen molar-refractivity contribution in [2.75, 3.05) is 0 Å². The molecular formula is C62H46P2. The van der Waals surface area contributed by atoms with E-state index in [1.807, 2.05) is 0 Å². The number of fused-ring (bicyclic) bond motifs is 8. The van der Waals surface area contributed by atoms with Crippen LogP contribution in [0.5, 0.6) is 0 Å². The Bertz CT molecular complexity index is 3210. The molecule has 0 aromatic heterocycles. The van der Waals surface area contributed by atoms with Gasteiger partial charge in [0, 0.05) is 5.41 Å². The summed E-state index contributed by atoms with van der Waals surface area (Å²) in [6.45, 7) is 4.90. The fourth-order valence-corrected chi connectivity index (χ4v) is 15.9. The maximum absolute atomic E-state index is 2.63. The molecule has 0 spiro atoms. The summed E-state index contributed by atoms with van der Waals surface area (Å²) >= 11 is 0. The molecule has 0 saturated heterocycles. The highest BCUT2D eigenvalue weighted by Gasteiger charge is 2.49. The maximum Gasteiger partial charge on any atom is 0.0714 e. The zero-order valence-corrected chi connectivity index (χ0v) is 37.8. The monoisotopic (exact) mass is 852 g/mol. The molecule has 12 rings (SSSR count). The molecule has 0 fully saturated rings. The van der Waals surface area contributed by atoms with Crippen molar-refractivity contribution in [1.82, 2.24) is 0 Å². The van der Waals surface area contributed by atoms with E-state index in [1.54, 1.807) is 0 Å². The van der Waals surface area contributed by atoms with Gasteiger partial charge in [0.15, 0.2) is 0 Å². The van der Waals surface area contributed by atoms with E-state index in [4.69, 9.17) is 0 Å². The van der Waals surface area contributed by atoms with Gasteiger partial charge in [0.1, 0.15) is 0 Å². The molecule has 0 unspecified atom stereocenters. The Labute approximate surface area is 379 Å². The van der Waals surface area contributed by atoms with Crippen molar-refractivity contribution in [3.8, 4) is 22.3 Å². The molecule has 304 valence electrons. The van der Waals surface area contributed by atoms with Gasteiger partial charge in [-0.05, 0) is 138 Å². The van der Waals surface area contributed by atoms with Crippen molar-refractivity contribution in [3.05, 3.63) is 276 Å². The van der Waals surface area contributed by atoms with Crippen molar-refractivity contribution in [1.29, 1.82) is 0 Å². The van der Waals surface area contributed by atoms with Crippen molar-refractivity contribution < 1.29 is 0 Å². The Kier molecular flexibility index (Phi) is 9.46. The van der Waals surface area contributed by atoms with Crippen molar-refractivity contribution in [2.24, 2.45) is 0 Å². The fraction of sp³-hybridized carbons (Fsp3) is 0.0645. The van der Waals surface area contributed by atoms with Gasteiger partial charge in [0.2, 0.25) is 0 Å². The third-order valence-corrected chi connectivity index (χ3v) is 18.8. The quantitative estimate of drug-likeness (QED) is 0.134. The second-order valence-corrected chi connectivity index (χ2v) is 22.1. The largest absolute Gasteiger partial charge is 0.0714 e. The van der Waals surface area contributed by atoms with Crippen LogP contribution in [-0.2, 0) is 10.8 Å². The van der Waals surface area contributed by atoms with Gasteiger partial charge in [-0.2, -0.15) is 0 Å². The molecule has 2 aliphatic rings. The zero-order chi connectivity index (χ0) is 42.8. The summed E-state index contributed by atoms with van der Waals surface area (Å²) in [6.07, 6.45) is 0. The highest BCUT2D eigenvalue weighted by atomic mass is 31.1. The van der Waals surface area contributed by atoms with Crippen molar-refractivity contribution in [3.63, 3.8) is 0 Å². The van der Waals surface area contributed by atoms with Crippen LogP contribution in [0, 0.1) is 0 Å². The van der Waals surface area contributed by atoms with Crippen LogP contribution in [-0.4, -0.2) is 0 Å². The summed E-state index contributed by atoms with van der Waals surface area (Å²) in [5.41, 5.74) is 12.7. The first-order valence-electron chi connectivity index (χ1n) is 22.4.